The third-order valence-corrected chi connectivity index (χ3v) is 4.00. The largest absolute Gasteiger partial charge is 1.00 e. The number of esters is 1. The molecular formula is C13H16ClNO3S. The lowest BCUT2D eigenvalue weighted by Gasteiger charge is -2.00. The molecule has 2 rings (SSSR count). The summed E-state index contributed by atoms with van der Waals surface area (Å²) < 4.78 is 10.0. The number of hydrogen-bond acceptors (Lipinski definition) is 3. The Kier molecular flexibility index (Phi) is 5.14. The first-order valence-electron chi connectivity index (χ1n) is 5.44. The van der Waals surface area contributed by atoms with Crippen LogP contribution < -0.4 is 17.1 Å². The smallest absolute Gasteiger partial charge is 0.359 e. The number of fused-ring (bicyclic) bond motifs is 1. The summed E-state index contributed by atoms with van der Waals surface area (Å²) in [6.07, 6.45) is 4.16. The fourth-order valence-corrected chi connectivity index (χ4v) is 3.09. The molecule has 4 nitrogen and oxygen atoms in total. The zero-order valence-corrected chi connectivity index (χ0v) is 12.8. The lowest BCUT2D eigenvalue weighted by Crippen LogP contribution is -3.00. The minimum absolute atomic E-state index is 0. The molecule has 19 heavy (non-hydrogen) atoms. The van der Waals surface area contributed by atoms with E-state index < -0.39 is 0 Å². The Balaban J connectivity index is 0.00000180. The van der Waals surface area contributed by atoms with Crippen molar-refractivity contribution in [1.29, 1.82) is 0 Å². The van der Waals surface area contributed by atoms with Crippen LogP contribution in [0.1, 0.15) is 10.5 Å². The predicted molar refractivity (Wildman–Crippen MR) is 73.7 cm³/mol. The van der Waals surface area contributed by atoms with E-state index in [9.17, 15) is 4.79 Å². The first-order chi connectivity index (χ1) is 8.58. The molecule has 2 aromatic rings. The molecule has 1 aromatic heterocycles. The van der Waals surface area contributed by atoms with Gasteiger partial charge in [-0.15, -0.1) is 0 Å². The number of carbonyl (C=O) groups is 1. The number of hydrogen-bond donors (Lipinski definition) is 1. The highest BCUT2D eigenvalue weighted by Gasteiger charge is 2.27. The lowest BCUT2D eigenvalue weighted by atomic mass is 10.2. The molecule has 0 saturated heterocycles. The van der Waals surface area contributed by atoms with Crippen molar-refractivity contribution in [2.24, 2.45) is 0 Å². The van der Waals surface area contributed by atoms with Crippen LogP contribution in [0.3, 0.4) is 0 Å². The SMILES string of the molecule is COC(=O)c1[nH]c2ccc(OC)cc2c1[S+](C)C.[Cl-]. The van der Waals surface area contributed by atoms with Crippen LogP contribution in [0.15, 0.2) is 23.1 Å². The fraction of sp³-hybridized carbons (Fsp3) is 0.308. The zero-order valence-electron chi connectivity index (χ0n) is 11.2. The first kappa shape index (κ1) is 15.7. The molecule has 0 aliphatic rings. The standard InChI is InChI=1S/C13H15NO3S.ClH/c1-16-8-5-6-10-9(7-8)12(18(3)4)11(14-10)13(15)17-2;/h5-7H,1-4H3;1H. The molecule has 0 aliphatic heterocycles. The highest BCUT2D eigenvalue weighted by atomic mass is 35.5. The predicted octanol–water partition coefficient (Wildman–Crippen LogP) is -0.796. The molecule has 6 heteroatoms. The molecule has 0 radical (unpaired) electrons. The number of ether oxygens (including phenoxy) is 2. The van der Waals surface area contributed by atoms with E-state index in [4.69, 9.17) is 9.47 Å². The van der Waals surface area contributed by atoms with Crippen molar-refractivity contribution >= 4 is 27.8 Å². The van der Waals surface area contributed by atoms with Gasteiger partial charge in [0.05, 0.1) is 25.1 Å². The van der Waals surface area contributed by atoms with E-state index in [0.717, 1.165) is 21.5 Å². The molecule has 0 spiro atoms. The third-order valence-electron chi connectivity index (χ3n) is 2.76. The Bertz CT molecular complexity index is 595. The van der Waals surface area contributed by atoms with E-state index in [2.05, 4.69) is 17.5 Å². The van der Waals surface area contributed by atoms with Gasteiger partial charge in [0.15, 0.2) is 10.6 Å². The van der Waals surface area contributed by atoms with Crippen LogP contribution in [0.4, 0.5) is 0 Å². The van der Waals surface area contributed by atoms with Crippen molar-refractivity contribution in [3.05, 3.63) is 23.9 Å². The van der Waals surface area contributed by atoms with Crippen molar-refractivity contribution in [3.8, 4) is 5.75 Å². The Labute approximate surface area is 121 Å². The van der Waals surface area contributed by atoms with Crippen molar-refractivity contribution in [2.75, 3.05) is 26.7 Å². The van der Waals surface area contributed by atoms with E-state index in [-0.39, 0.29) is 29.3 Å². The minimum Gasteiger partial charge on any atom is -1.00 e. The van der Waals surface area contributed by atoms with E-state index in [0.29, 0.717) is 5.69 Å². The number of nitrogens with one attached hydrogen (secondary N) is 1. The van der Waals surface area contributed by atoms with Gasteiger partial charge in [-0.2, -0.15) is 0 Å². The van der Waals surface area contributed by atoms with Crippen LogP contribution in [0.2, 0.25) is 0 Å². The quantitative estimate of drug-likeness (QED) is 0.597. The second kappa shape index (κ2) is 6.21. The van der Waals surface area contributed by atoms with E-state index in [1.807, 2.05) is 18.2 Å². The highest BCUT2D eigenvalue weighted by molar-refractivity contribution is 7.95. The number of aromatic nitrogens is 1. The van der Waals surface area contributed by atoms with Crippen LogP contribution in [0.25, 0.3) is 10.9 Å². The average molecular weight is 302 g/mol. The zero-order chi connectivity index (χ0) is 13.3. The first-order valence-corrected chi connectivity index (χ1v) is 7.48. The van der Waals surface area contributed by atoms with Gasteiger partial charge in [-0.05, 0) is 18.2 Å². The van der Waals surface area contributed by atoms with E-state index >= 15 is 0 Å². The van der Waals surface area contributed by atoms with Gasteiger partial charge >= 0.3 is 5.97 Å². The molecule has 0 unspecified atom stereocenters. The van der Waals surface area contributed by atoms with E-state index in [1.54, 1.807) is 7.11 Å². The van der Waals surface area contributed by atoms with Crippen molar-refractivity contribution < 1.29 is 26.7 Å². The topological polar surface area (TPSA) is 51.3 Å². The second-order valence-electron chi connectivity index (χ2n) is 4.05. The number of halogens is 1. The lowest BCUT2D eigenvalue weighted by molar-refractivity contribution is -0.0000186. The highest BCUT2D eigenvalue weighted by Crippen LogP contribution is 2.30. The summed E-state index contributed by atoms with van der Waals surface area (Å²) in [7, 11) is 2.97. The van der Waals surface area contributed by atoms with Gasteiger partial charge in [0.2, 0.25) is 0 Å². The van der Waals surface area contributed by atoms with Crippen LogP contribution in [-0.4, -0.2) is 37.7 Å². The summed E-state index contributed by atoms with van der Waals surface area (Å²) in [5.41, 5.74) is 1.46. The van der Waals surface area contributed by atoms with Gasteiger partial charge in [0.1, 0.15) is 18.3 Å². The monoisotopic (exact) mass is 301 g/mol. The average Bonchev–Trinajstić information content (AvgIpc) is 2.75. The van der Waals surface area contributed by atoms with Crippen LogP contribution in [0, 0.1) is 0 Å². The van der Waals surface area contributed by atoms with Gasteiger partial charge in [-0.1, -0.05) is 0 Å². The van der Waals surface area contributed by atoms with E-state index in [1.165, 1.54) is 7.11 Å². The van der Waals surface area contributed by atoms with Crippen LogP contribution in [-0.2, 0) is 15.6 Å². The summed E-state index contributed by atoms with van der Waals surface area (Å²) in [4.78, 5) is 15.9. The van der Waals surface area contributed by atoms with Crippen molar-refractivity contribution in [1.82, 2.24) is 4.98 Å². The molecule has 0 fully saturated rings. The summed E-state index contributed by atoms with van der Waals surface area (Å²) in [5.74, 6) is 0.450. The van der Waals surface area contributed by atoms with Crippen molar-refractivity contribution in [2.45, 2.75) is 4.90 Å². The minimum atomic E-state index is -0.332. The van der Waals surface area contributed by atoms with Crippen molar-refractivity contribution in [3.63, 3.8) is 0 Å². The number of H-pyrrole nitrogens is 1. The molecule has 1 heterocycles. The molecule has 0 bridgehead atoms. The third kappa shape index (κ3) is 2.82. The maximum atomic E-state index is 11.8. The number of rotatable bonds is 3. The van der Waals surface area contributed by atoms with Gasteiger partial charge < -0.3 is 26.9 Å². The fourth-order valence-electron chi connectivity index (χ4n) is 1.94. The second-order valence-corrected chi connectivity index (χ2v) is 6.09. The Morgan fingerprint density at radius 1 is 1.26 bits per heavy atom. The summed E-state index contributed by atoms with van der Waals surface area (Å²) >= 11 is 0. The van der Waals surface area contributed by atoms with Crippen LogP contribution >= 0.6 is 0 Å². The van der Waals surface area contributed by atoms with Gasteiger partial charge in [0, 0.05) is 10.9 Å². The summed E-state index contributed by atoms with van der Waals surface area (Å²) in [6.45, 7) is 0. The maximum Gasteiger partial charge on any atom is 0.359 e. The molecule has 104 valence electrons. The maximum absolute atomic E-state index is 11.8. The normalized spacial score (nSPS) is 10.4. The summed E-state index contributed by atoms with van der Waals surface area (Å²) in [5, 5.41) is 1.02. The van der Waals surface area contributed by atoms with Gasteiger partial charge in [0.25, 0.3) is 0 Å². The molecule has 0 aliphatic carbocycles. The molecule has 1 aromatic carbocycles. The molecule has 0 amide bonds. The number of carbonyl (C=O) groups excluding carboxylic acids is 1. The van der Waals surface area contributed by atoms with Gasteiger partial charge in [-0.25, -0.2) is 4.79 Å². The molecule has 1 N–H and O–H groups in total. The van der Waals surface area contributed by atoms with Crippen LogP contribution in [0.5, 0.6) is 5.75 Å². The number of benzene rings is 1. The number of aromatic amines is 1. The molecular weight excluding hydrogens is 286 g/mol. The molecule has 0 atom stereocenters. The number of methoxy groups -OCH3 is 2. The Hall–Kier alpha value is -1.33. The Morgan fingerprint density at radius 3 is 2.47 bits per heavy atom. The summed E-state index contributed by atoms with van der Waals surface area (Å²) in [6, 6.07) is 5.73. The Morgan fingerprint density at radius 2 is 1.95 bits per heavy atom. The molecule has 0 saturated carbocycles. The van der Waals surface area contributed by atoms with Gasteiger partial charge in [-0.3, -0.25) is 0 Å².